The van der Waals surface area contributed by atoms with Gasteiger partial charge >= 0.3 is 0 Å². The van der Waals surface area contributed by atoms with E-state index in [4.69, 9.17) is 9.15 Å². The molecule has 3 aromatic carbocycles. The highest BCUT2D eigenvalue weighted by atomic mass is 32.2. The van der Waals surface area contributed by atoms with Crippen LogP contribution in [0.1, 0.15) is 0 Å². The van der Waals surface area contributed by atoms with Crippen LogP contribution >= 0.6 is 11.8 Å². The molecule has 4 rings (SSSR count). The molecule has 0 fully saturated rings. The first-order valence-corrected chi connectivity index (χ1v) is 9.25. The van der Waals surface area contributed by atoms with Crippen molar-refractivity contribution in [2.75, 3.05) is 7.11 Å². The lowest BCUT2D eigenvalue weighted by atomic mass is 10.1. The van der Waals surface area contributed by atoms with Crippen molar-refractivity contribution in [3.63, 3.8) is 0 Å². The quantitative estimate of drug-likeness (QED) is 0.498. The number of hydrogen-bond donors (Lipinski definition) is 1. The molecule has 0 aliphatic carbocycles. The maximum Gasteiger partial charge on any atom is 0.197 e. The van der Waals surface area contributed by atoms with E-state index in [2.05, 4.69) is 0 Å². The van der Waals surface area contributed by atoms with Gasteiger partial charge in [-0.3, -0.25) is 4.79 Å². The SMILES string of the molecule is COc1cc(O)c(Sc2cccc(F)c2)c2oc(-c3ccccc3)cc(=O)c12. The van der Waals surface area contributed by atoms with Gasteiger partial charge in [0.25, 0.3) is 0 Å². The Morgan fingerprint density at radius 3 is 2.54 bits per heavy atom. The normalized spacial score (nSPS) is 10.9. The number of phenolic OH excluding ortho intramolecular Hbond substituents is 1. The van der Waals surface area contributed by atoms with E-state index in [1.165, 1.54) is 31.4 Å². The van der Waals surface area contributed by atoms with Gasteiger partial charge in [0.05, 0.1) is 12.0 Å². The summed E-state index contributed by atoms with van der Waals surface area (Å²) >= 11 is 1.11. The molecule has 0 saturated carbocycles. The number of methoxy groups -OCH3 is 1. The third kappa shape index (κ3) is 3.34. The lowest BCUT2D eigenvalue weighted by Gasteiger charge is -2.12. The summed E-state index contributed by atoms with van der Waals surface area (Å²) in [6.45, 7) is 0. The fourth-order valence-corrected chi connectivity index (χ4v) is 3.87. The molecule has 0 unspecified atom stereocenters. The third-order valence-corrected chi connectivity index (χ3v) is 5.28. The van der Waals surface area contributed by atoms with Gasteiger partial charge in [-0.15, -0.1) is 0 Å². The van der Waals surface area contributed by atoms with E-state index >= 15 is 0 Å². The Hall–Kier alpha value is -3.25. The molecule has 0 spiro atoms. The number of halogens is 1. The minimum Gasteiger partial charge on any atom is -0.506 e. The van der Waals surface area contributed by atoms with Gasteiger partial charge in [0.2, 0.25) is 0 Å². The van der Waals surface area contributed by atoms with Crippen molar-refractivity contribution in [2.45, 2.75) is 9.79 Å². The summed E-state index contributed by atoms with van der Waals surface area (Å²) in [6.07, 6.45) is 0. The van der Waals surface area contributed by atoms with E-state index in [1.807, 2.05) is 30.3 Å². The highest BCUT2D eigenvalue weighted by Gasteiger charge is 2.20. The Kier molecular flexibility index (Phi) is 4.79. The molecule has 0 radical (unpaired) electrons. The van der Waals surface area contributed by atoms with Crippen LogP contribution in [0.3, 0.4) is 0 Å². The topological polar surface area (TPSA) is 59.7 Å². The van der Waals surface area contributed by atoms with Crippen LogP contribution in [0, 0.1) is 5.82 Å². The molecule has 0 aliphatic heterocycles. The second-order valence-electron chi connectivity index (χ2n) is 6.03. The van der Waals surface area contributed by atoms with E-state index < -0.39 is 5.82 Å². The van der Waals surface area contributed by atoms with Crippen LogP contribution in [0.4, 0.5) is 4.39 Å². The molecule has 4 aromatic rings. The minimum absolute atomic E-state index is 0.119. The van der Waals surface area contributed by atoms with E-state index in [0.717, 1.165) is 17.3 Å². The van der Waals surface area contributed by atoms with E-state index in [-0.39, 0.29) is 27.9 Å². The van der Waals surface area contributed by atoms with Crippen LogP contribution in [-0.2, 0) is 0 Å². The van der Waals surface area contributed by atoms with Crippen LogP contribution in [0.15, 0.2) is 85.7 Å². The van der Waals surface area contributed by atoms with E-state index in [1.54, 1.807) is 12.1 Å². The van der Waals surface area contributed by atoms with E-state index in [0.29, 0.717) is 15.6 Å². The molecule has 1 aromatic heterocycles. The van der Waals surface area contributed by atoms with Gasteiger partial charge in [-0.05, 0) is 18.2 Å². The van der Waals surface area contributed by atoms with Gasteiger partial charge in [-0.25, -0.2) is 4.39 Å². The number of rotatable bonds is 4. The Morgan fingerprint density at radius 2 is 1.82 bits per heavy atom. The summed E-state index contributed by atoms with van der Waals surface area (Å²) in [4.78, 5) is 13.7. The summed E-state index contributed by atoms with van der Waals surface area (Å²) in [6, 6.07) is 17.9. The minimum atomic E-state index is -0.395. The second kappa shape index (κ2) is 7.40. The second-order valence-corrected chi connectivity index (χ2v) is 7.12. The maximum atomic E-state index is 13.6. The summed E-state index contributed by atoms with van der Waals surface area (Å²) in [7, 11) is 1.41. The number of benzene rings is 3. The fourth-order valence-electron chi connectivity index (χ4n) is 2.92. The number of aromatic hydroxyl groups is 1. The van der Waals surface area contributed by atoms with Gasteiger partial charge in [-0.2, -0.15) is 0 Å². The molecular weight excluding hydrogens is 379 g/mol. The molecule has 140 valence electrons. The van der Waals surface area contributed by atoms with Gasteiger partial charge in [0.1, 0.15) is 28.5 Å². The summed E-state index contributed by atoms with van der Waals surface area (Å²) in [5.41, 5.74) is 0.626. The molecule has 0 aliphatic rings. The molecule has 6 heteroatoms. The van der Waals surface area contributed by atoms with Crippen LogP contribution in [0.5, 0.6) is 11.5 Å². The average Bonchev–Trinajstić information content (AvgIpc) is 2.70. The average molecular weight is 394 g/mol. The van der Waals surface area contributed by atoms with Crippen molar-refractivity contribution >= 4 is 22.7 Å². The fraction of sp³-hybridized carbons (Fsp3) is 0.0455. The molecular formula is C22H15FO4S. The van der Waals surface area contributed by atoms with Gasteiger partial charge < -0.3 is 14.3 Å². The van der Waals surface area contributed by atoms with Crippen LogP contribution in [0.2, 0.25) is 0 Å². The van der Waals surface area contributed by atoms with Crippen molar-refractivity contribution < 1.29 is 18.7 Å². The number of fused-ring (bicyclic) bond motifs is 1. The molecule has 0 bridgehead atoms. The van der Waals surface area contributed by atoms with Gasteiger partial charge in [0, 0.05) is 22.6 Å². The van der Waals surface area contributed by atoms with Crippen molar-refractivity contribution in [3.8, 4) is 22.8 Å². The number of phenols is 1. The molecule has 0 atom stereocenters. The Balaban J connectivity index is 1.99. The predicted octanol–water partition coefficient (Wildman–Crippen LogP) is 5.46. The highest BCUT2D eigenvalue weighted by Crippen LogP contribution is 2.43. The largest absolute Gasteiger partial charge is 0.506 e. The Labute approximate surface area is 164 Å². The van der Waals surface area contributed by atoms with Crippen molar-refractivity contribution in [1.82, 2.24) is 0 Å². The Morgan fingerprint density at radius 1 is 1.04 bits per heavy atom. The summed E-state index contributed by atoms with van der Waals surface area (Å²) < 4.78 is 24.9. The zero-order chi connectivity index (χ0) is 19.7. The smallest absolute Gasteiger partial charge is 0.197 e. The Bertz CT molecular complexity index is 1220. The summed E-state index contributed by atoms with van der Waals surface area (Å²) in [5.74, 6) is 0.0667. The van der Waals surface area contributed by atoms with Gasteiger partial charge in [0.15, 0.2) is 11.0 Å². The number of hydrogen-bond acceptors (Lipinski definition) is 5. The maximum absolute atomic E-state index is 13.6. The van der Waals surface area contributed by atoms with Gasteiger partial charge in [-0.1, -0.05) is 48.2 Å². The molecule has 28 heavy (non-hydrogen) atoms. The first kappa shape index (κ1) is 18.1. The van der Waals surface area contributed by atoms with Crippen LogP contribution in [-0.4, -0.2) is 12.2 Å². The molecule has 1 N–H and O–H groups in total. The van der Waals surface area contributed by atoms with Crippen molar-refractivity contribution in [3.05, 3.63) is 82.8 Å². The third-order valence-electron chi connectivity index (χ3n) is 4.19. The van der Waals surface area contributed by atoms with E-state index in [9.17, 15) is 14.3 Å². The zero-order valence-electron chi connectivity index (χ0n) is 14.8. The standard InChI is InChI=1S/C22H15FO4S/c1-26-19-12-17(25)22(28-15-9-5-8-14(23)10-15)21-20(19)16(24)11-18(27-21)13-6-3-2-4-7-13/h2-12,25H,1H3. The van der Waals surface area contributed by atoms with Crippen LogP contribution in [0.25, 0.3) is 22.3 Å². The number of ether oxygens (including phenoxy) is 1. The first-order valence-electron chi connectivity index (χ1n) is 8.43. The van der Waals surface area contributed by atoms with Crippen molar-refractivity contribution in [1.29, 1.82) is 0 Å². The lowest BCUT2D eigenvalue weighted by molar-refractivity contribution is 0.408. The molecule has 0 saturated heterocycles. The van der Waals surface area contributed by atoms with Crippen LogP contribution < -0.4 is 10.2 Å². The highest BCUT2D eigenvalue weighted by molar-refractivity contribution is 7.99. The lowest BCUT2D eigenvalue weighted by Crippen LogP contribution is -2.03. The summed E-state index contributed by atoms with van der Waals surface area (Å²) in [5, 5.41) is 10.8. The first-order chi connectivity index (χ1) is 13.6. The monoisotopic (exact) mass is 394 g/mol. The van der Waals surface area contributed by atoms with Crippen molar-refractivity contribution in [2.24, 2.45) is 0 Å². The molecule has 1 heterocycles. The molecule has 4 nitrogen and oxygen atoms in total. The molecule has 0 amide bonds. The predicted molar refractivity (Wildman–Crippen MR) is 107 cm³/mol. The zero-order valence-corrected chi connectivity index (χ0v) is 15.6.